The number of carbonyl (C=O) groups is 2. The molecule has 1 aromatic heterocycles. The molecular weight excluding hydrogens is 488 g/mol. The van der Waals surface area contributed by atoms with Crippen LogP contribution in [-0.2, 0) is 17.8 Å². The zero-order chi connectivity index (χ0) is 27.9. The second kappa shape index (κ2) is 12.5. The first-order valence-electron chi connectivity index (χ1n) is 13.4. The summed E-state index contributed by atoms with van der Waals surface area (Å²) in [5, 5.41) is 4.19. The highest BCUT2D eigenvalue weighted by atomic mass is 16.5. The first kappa shape index (κ1) is 27.8. The van der Waals surface area contributed by atoms with E-state index in [1.165, 1.54) is 0 Å². The van der Waals surface area contributed by atoms with E-state index in [0.29, 0.717) is 19.5 Å². The minimum atomic E-state index is -0.287. The number of para-hydroxylation sites is 3. The Morgan fingerprint density at radius 1 is 0.923 bits per heavy atom. The fourth-order valence-corrected chi connectivity index (χ4v) is 4.85. The molecular formula is C32H38N4O3. The number of aromatic nitrogens is 1. The molecule has 0 saturated carbocycles. The molecule has 0 spiro atoms. The number of carbonyl (C=O) groups excluding carboxylic acids is 2. The van der Waals surface area contributed by atoms with Gasteiger partial charge in [0.15, 0.2) is 0 Å². The molecule has 0 bridgehead atoms. The molecule has 7 heteroatoms. The Labute approximate surface area is 230 Å². The molecule has 4 aromatic rings. The summed E-state index contributed by atoms with van der Waals surface area (Å²) in [7, 11) is 1.63. The highest BCUT2D eigenvalue weighted by molar-refractivity contribution is 5.94. The van der Waals surface area contributed by atoms with Crippen molar-refractivity contribution in [2.75, 3.05) is 25.5 Å². The van der Waals surface area contributed by atoms with Crippen LogP contribution in [-0.4, -0.2) is 53.0 Å². The molecule has 7 nitrogen and oxygen atoms in total. The van der Waals surface area contributed by atoms with Gasteiger partial charge in [0.1, 0.15) is 12.3 Å². The number of aryl methyl sites for hydroxylation is 2. The van der Waals surface area contributed by atoms with Gasteiger partial charge in [-0.25, -0.2) is 4.79 Å². The molecule has 39 heavy (non-hydrogen) atoms. The fourth-order valence-electron chi connectivity index (χ4n) is 4.85. The average Bonchev–Trinajstić information content (AvgIpc) is 3.34. The quantitative estimate of drug-likeness (QED) is 0.254. The van der Waals surface area contributed by atoms with Crippen LogP contribution < -0.4 is 10.1 Å². The largest absolute Gasteiger partial charge is 0.496 e. The van der Waals surface area contributed by atoms with Crippen molar-refractivity contribution in [3.8, 4) is 5.75 Å². The summed E-state index contributed by atoms with van der Waals surface area (Å²) >= 11 is 0. The van der Waals surface area contributed by atoms with Crippen LogP contribution in [0.1, 0.15) is 36.1 Å². The van der Waals surface area contributed by atoms with Gasteiger partial charge in [0, 0.05) is 47.5 Å². The summed E-state index contributed by atoms with van der Waals surface area (Å²) in [6.45, 7) is 8.64. The van der Waals surface area contributed by atoms with Gasteiger partial charge in [-0.2, -0.15) is 0 Å². The van der Waals surface area contributed by atoms with E-state index in [0.717, 1.165) is 44.6 Å². The molecule has 0 radical (unpaired) electrons. The van der Waals surface area contributed by atoms with Gasteiger partial charge < -0.3 is 24.8 Å². The number of urea groups is 1. The Bertz CT molecular complexity index is 1420. The Balaban J connectivity index is 1.55. The number of anilines is 1. The van der Waals surface area contributed by atoms with Gasteiger partial charge in [-0.05, 0) is 62.9 Å². The van der Waals surface area contributed by atoms with Crippen molar-refractivity contribution in [2.45, 2.75) is 46.7 Å². The standard InChI is InChI=1S/C32H38N4O3/c1-22(2)36(32(38)34-31-23(3)11-10-12-24(31)4)21-30(37)35(20-26-13-6-9-16-29(26)39-5)18-17-25-19-33-28-15-8-7-14-27(25)28/h6-16,19,22,33H,17-18,20-21H2,1-5H3,(H,34,38). The van der Waals surface area contributed by atoms with Crippen LogP contribution in [0.2, 0.25) is 0 Å². The molecule has 4 rings (SSSR count). The van der Waals surface area contributed by atoms with Gasteiger partial charge in [-0.15, -0.1) is 0 Å². The number of methoxy groups -OCH3 is 1. The maximum absolute atomic E-state index is 13.8. The second-order valence-electron chi connectivity index (χ2n) is 10.2. The van der Waals surface area contributed by atoms with Gasteiger partial charge in [-0.3, -0.25) is 4.79 Å². The van der Waals surface area contributed by atoms with Gasteiger partial charge >= 0.3 is 6.03 Å². The number of aromatic amines is 1. The van der Waals surface area contributed by atoms with Crippen molar-refractivity contribution >= 4 is 28.5 Å². The third-order valence-electron chi connectivity index (χ3n) is 7.14. The van der Waals surface area contributed by atoms with E-state index in [1.54, 1.807) is 12.0 Å². The van der Waals surface area contributed by atoms with Gasteiger partial charge in [-0.1, -0.05) is 54.6 Å². The van der Waals surface area contributed by atoms with Crippen molar-refractivity contribution in [1.82, 2.24) is 14.8 Å². The molecule has 1 heterocycles. The van der Waals surface area contributed by atoms with Crippen LogP contribution in [0.4, 0.5) is 10.5 Å². The number of amides is 3. The van der Waals surface area contributed by atoms with Crippen molar-refractivity contribution in [3.05, 3.63) is 95.2 Å². The number of H-pyrrole nitrogens is 1. The minimum absolute atomic E-state index is 0.0303. The van der Waals surface area contributed by atoms with Gasteiger partial charge in [0.25, 0.3) is 0 Å². The molecule has 0 saturated heterocycles. The van der Waals surface area contributed by atoms with Gasteiger partial charge in [0.2, 0.25) is 5.91 Å². The molecule has 3 aromatic carbocycles. The number of nitrogens with zero attached hydrogens (tertiary/aromatic N) is 2. The monoisotopic (exact) mass is 526 g/mol. The van der Waals surface area contributed by atoms with E-state index in [1.807, 2.05) is 99.5 Å². The predicted octanol–water partition coefficient (Wildman–Crippen LogP) is 6.31. The number of fused-ring (bicyclic) bond motifs is 1. The SMILES string of the molecule is COc1ccccc1CN(CCc1c[nH]c2ccccc12)C(=O)CN(C(=O)Nc1c(C)cccc1C)C(C)C. The molecule has 0 fully saturated rings. The van der Waals surface area contributed by atoms with E-state index in [4.69, 9.17) is 4.74 Å². The lowest BCUT2D eigenvalue weighted by molar-refractivity contribution is -0.132. The number of benzene rings is 3. The normalized spacial score (nSPS) is 11.0. The smallest absolute Gasteiger partial charge is 0.322 e. The zero-order valence-electron chi connectivity index (χ0n) is 23.5. The van der Waals surface area contributed by atoms with Crippen LogP contribution in [0.25, 0.3) is 10.9 Å². The lowest BCUT2D eigenvalue weighted by Gasteiger charge is -2.31. The minimum Gasteiger partial charge on any atom is -0.496 e. The van der Waals surface area contributed by atoms with Crippen LogP contribution in [0, 0.1) is 13.8 Å². The van der Waals surface area contributed by atoms with Crippen molar-refractivity contribution in [2.24, 2.45) is 0 Å². The van der Waals surface area contributed by atoms with Crippen LogP contribution in [0.3, 0.4) is 0 Å². The Morgan fingerprint density at radius 3 is 2.33 bits per heavy atom. The van der Waals surface area contributed by atoms with Crippen molar-refractivity contribution in [3.63, 3.8) is 0 Å². The van der Waals surface area contributed by atoms with E-state index in [-0.39, 0.29) is 24.5 Å². The maximum atomic E-state index is 13.8. The van der Waals surface area contributed by atoms with Crippen LogP contribution in [0.15, 0.2) is 72.9 Å². The molecule has 0 atom stereocenters. The molecule has 0 unspecified atom stereocenters. The topological polar surface area (TPSA) is 77.7 Å². The van der Waals surface area contributed by atoms with Crippen molar-refractivity contribution < 1.29 is 14.3 Å². The summed E-state index contributed by atoms with van der Waals surface area (Å²) in [6.07, 6.45) is 2.69. The van der Waals surface area contributed by atoms with Crippen LogP contribution in [0.5, 0.6) is 5.75 Å². The highest BCUT2D eigenvalue weighted by Gasteiger charge is 2.25. The van der Waals surface area contributed by atoms with Gasteiger partial charge in [0.05, 0.1) is 7.11 Å². The lowest BCUT2D eigenvalue weighted by Crippen LogP contribution is -2.47. The fraction of sp³-hybridized carbons (Fsp3) is 0.312. The molecule has 2 N–H and O–H groups in total. The summed E-state index contributed by atoms with van der Waals surface area (Å²) in [4.78, 5) is 33.9. The molecule has 3 amide bonds. The van der Waals surface area contributed by atoms with Crippen LogP contribution >= 0.6 is 0 Å². The number of ether oxygens (including phenoxy) is 1. The molecule has 0 aliphatic rings. The second-order valence-corrected chi connectivity index (χ2v) is 10.2. The third kappa shape index (κ3) is 6.60. The van der Waals surface area contributed by atoms with Crippen molar-refractivity contribution in [1.29, 1.82) is 0 Å². The summed E-state index contributed by atoms with van der Waals surface area (Å²) in [6, 6.07) is 21.3. The Morgan fingerprint density at radius 2 is 1.62 bits per heavy atom. The number of rotatable bonds is 10. The molecule has 0 aliphatic heterocycles. The van der Waals surface area contributed by atoms with E-state index in [9.17, 15) is 9.59 Å². The summed E-state index contributed by atoms with van der Waals surface area (Å²) in [5.41, 5.74) is 5.89. The molecule has 0 aliphatic carbocycles. The highest BCUT2D eigenvalue weighted by Crippen LogP contribution is 2.23. The average molecular weight is 527 g/mol. The van der Waals surface area contributed by atoms with E-state index < -0.39 is 0 Å². The number of hydrogen-bond donors (Lipinski definition) is 2. The summed E-state index contributed by atoms with van der Waals surface area (Å²) in [5.74, 6) is 0.613. The first-order valence-corrected chi connectivity index (χ1v) is 13.4. The maximum Gasteiger partial charge on any atom is 0.322 e. The Hall–Kier alpha value is -4.26. The number of nitrogens with one attached hydrogen (secondary N) is 2. The number of hydrogen-bond acceptors (Lipinski definition) is 3. The van der Waals surface area contributed by atoms with E-state index >= 15 is 0 Å². The predicted molar refractivity (Wildman–Crippen MR) is 157 cm³/mol. The zero-order valence-corrected chi connectivity index (χ0v) is 23.5. The Kier molecular flexibility index (Phi) is 8.92. The molecule has 204 valence electrons. The lowest BCUT2D eigenvalue weighted by atomic mass is 10.1. The third-order valence-corrected chi connectivity index (χ3v) is 7.14. The van der Waals surface area contributed by atoms with E-state index in [2.05, 4.69) is 16.4 Å². The first-order chi connectivity index (χ1) is 18.8. The summed E-state index contributed by atoms with van der Waals surface area (Å²) < 4.78 is 5.56.